The number of benzene rings is 2. The third-order valence-electron chi connectivity index (χ3n) is 2.60. The summed E-state index contributed by atoms with van der Waals surface area (Å²) < 4.78 is 13.5. The summed E-state index contributed by atoms with van der Waals surface area (Å²) in [7, 11) is 0. The van der Waals surface area contributed by atoms with Crippen molar-refractivity contribution in [2.24, 2.45) is 0 Å². The Morgan fingerprint density at radius 3 is 2.18 bits per heavy atom. The summed E-state index contributed by atoms with van der Waals surface area (Å²) >= 11 is 0. The first-order chi connectivity index (χ1) is 8.08. The molecule has 0 unspecified atom stereocenters. The van der Waals surface area contributed by atoms with E-state index in [1.165, 1.54) is 12.1 Å². The van der Waals surface area contributed by atoms with E-state index >= 15 is 0 Å². The first-order valence-corrected chi connectivity index (χ1v) is 5.45. The first kappa shape index (κ1) is 11.5. The first-order valence-electron chi connectivity index (χ1n) is 5.45. The average Bonchev–Trinajstić information content (AvgIpc) is 2.27. The van der Waals surface area contributed by atoms with Crippen molar-refractivity contribution in [1.82, 2.24) is 0 Å². The monoisotopic (exact) mass is 228 g/mol. The van der Waals surface area contributed by atoms with Crippen LogP contribution in [0.4, 0.5) is 4.39 Å². The van der Waals surface area contributed by atoms with Crippen LogP contribution in [0.3, 0.4) is 0 Å². The molecule has 17 heavy (non-hydrogen) atoms. The van der Waals surface area contributed by atoms with Gasteiger partial charge in [0.05, 0.1) is 5.56 Å². The van der Waals surface area contributed by atoms with Crippen LogP contribution in [-0.4, -0.2) is 5.78 Å². The Labute approximate surface area is 99.9 Å². The minimum atomic E-state index is -0.475. The Hall–Kier alpha value is -1.96. The van der Waals surface area contributed by atoms with Gasteiger partial charge in [0.1, 0.15) is 5.82 Å². The summed E-state index contributed by atoms with van der Waals surface area (Å²) in [5.74, 6) is -0.744. The van der Waals surface area contributed by atoms with E-state index in [2.05, 4.69) is 0 Å². The fourth-order valence-electron chi connectivity index (χ4n) is 1.91. The van der Waals surface area contributed by atoms with Gasteiger partial charge in [0.15, 0.2) is 5.78 Å². The molecule has 0 aromatic heterocycles. The molecule has 2 aromatic carbocycles. The lowest BCUT2D eigenvalue weighted by atomic mass is 9.99. The van der Waals surface area contributed by atoms with Gasteiger partial charge >= 0.3 is 0 Å². The quantitative estimate of drug-likeness (QED) is 0.717. The Kier molecular flexibility index (Phi) is 3.05. The standard InChI is InChI=1S/C15H13FO/c1-10-7-11(2)9-12(8-10)15(17)13-5-3-4-6-14(13)16/h3-9H,1-2H3. The molecule has 0 aliphatic rings. The summed E-state index contributed by atoms with van der Waals surface area (Å²) in [5, 5.41) is 0. The van der Waals surface area contributed by atoms with Crippen molar-refractivity contribution in [3.05, 3.63) is 70.5 Å². The molecular weight excluding hydrogens is 215 g/mol. The minimum absolute atomic E-state index is 0.123. The van der Waals surface area contributed by atoms with Crippen LogP contribution < -0.4 is 0 Å². The van der Waals surface area contributed by atoms with Crippen LogP contribution in [0.2, 0.25) is 0 Å². The number of ketones is 1. The van der Waals surface area contributed by atoms with Crippen LogP contribution >= 0.6 is 0 Å². The normalized spacial score (nSPS) is 10.3. The molecule has 0 aliphatic heterocycles. The van der Waals surface area contributed by atoms with Gasteiger partial charge in [-0.25, -0.2) is 4.39 Å². The van der Waals surface area contributed by atoms with Crippen molar-refractivity contribution in [1.29, 1.82) is 0 Å². The second-order valence-corrected chi connectivity index (χ2v) is 4.19. The summed E-state index contributed by atoms with van der Waals surface area (Å²) in [6, 6.07) is 11.6. The fourth-order valence-corrected chi connectivity index (χ4v) is 1.91. The van der Waals surface area contributed by atoms with Gasteiger partial charge in [-0.2, -0.15) is 0 Å². The molecule has 0 atom stereocenters. The second kappa shape index (κ2) is 4.50. The molecule has 0 radical (unpaired) electrons. The highest BCUT2D eigenvalue weighted by Gasteiger charge is 2.13. The minimum Gasteiger partial charge on any atom is -0.288 e. The number of carbonyl (C=O) groups is 1. The summed E-state index contributed by atoms with van der Waals surface area (Å²) in [6.45, 7) is 3.84. The Morgan fingerprint density at radius 1 is 1.00 bits per heavy atom. The van der Waals surface area contributed by atoms with E-state index in [9.17, 15) is 9.18 Å². The van der Waals surface area contributed by atoms with E-state index in [0.29, 0.717) is 5.56 Å². The zero-order valence-electron chi connectivity index (χ0n) is 9.83. The van der Waals surface area contributed by atoms with Crippen molar-refractivity contribution >= 4 is 5.78 Å². The molecule has 2 aromatic rings. The Balaban J connectivity index is 2.48. The van der Waals surface area contributed by atoms with Gasteiger partial charge in [0.25, 0.3) is 0 Å². The highest BCUT2D eigenvalue weighted by Crippen LogP contribution is 2.16. The Bertz CT molecular complexity index is 553. The number of halogens is 1. The topological polar surface area (TPSA) is 17.1 Å². The molecule has 0 spiro atoms. The molecule has 0 N–H and O–H groups in total. The van der Waals surface area contributed by atoms with Crippen LogP contribution in [-0.2, 0) is 0 Å². The van der Waals surface area contributed by atoms with Gasteiger partial charge in [0.2, 0.25) is 0 Å². The molecule has 2 heteroatoms. The van der Waals surface area contributed by atoms with Gasteiger partial charge in [-0.3, -0.25) is 4.79 Å². The summed E-state index contributed by atoms with van der Waals surface area (Å²) in [5.41, 5.74) is 2.67. The number of rotatable bonds is 2. The maximum Gasteiger partial charge on any atom is 0.195 e. The molecule has 0 aliphatic carbocycles. The summed E-state index contributed by atoms with van der Waals surface area (Å²) in [4.78, 5) is 12.1. The highest BCUT2D eigenvalue weighted by atomic mass is 19.1. The third-order valence-corrected chi connectivity index (χ3v) is 2.60. The molecular formula is C15H13FO. The predicted octanol–water partition coefficient (Wildman–Crippen LogP) is 3.67. The van der Waals surface area contributed by atoms with Gasteiger partial charge in [-0.05, 0) is 38.1 Å². The van der Waals surface area contributed by atoms with Gasteiger partial charge in [-0.15, -0.1) is 0 Å². The maximum atomic E-state index is 13.5. The number of aryl methyl sites for hydroxylation is 2. The lowest BCUT2D eigenvalue weighted by molar-refractivity contribution is 0.103. The van der Waals surface area contributed by atoms with Crippen LogP contribution in [0.15, 0.2) is 42.5 Å². The van der Waals surface area contributed by atoms with Crippen molar-refractivity contribution in [3.63, 3.8) is 0 Å². The zero-order chi connectivity index (χ0) is 12.4. The van der Waals surface area contributed by atoms with E-state index in [1.54, 1.807) is 24.3 Å². The molecule has 1 nitrogen and oxygen atoms in total. The lowest BCUT2D eigenvalue weighted by Crippen LogP contribution is -2.04. The van der Waals surface area contributed by atoms with Crippen LogP contribution in [0.25, 0.3) is 0 Å². The maximum absolute atomic E-state index is 13.5. The van der Waals surface area contributed by atoms with E-state index in [1.807, 2.05) is 19.9 Å². The van der Waals surface area contributed by atoms with E-state index < -0.39 is 5.82 Å². The predicted molar refractivity (Wildman–Crippen MR) is 65.7 cm³/mol. The van der Waals surface area contributed by atoms with E-state index in [4.69, 9.17) is 0 Å². The molecule has 0 bridgehead atoms. The molecule has 0 heterocycles. The van der Waals surface area contributed by atoms with Crippen LogP contribution in [0.1, 0.15) is 27.0 Å². The van der Waals surface area contributed by atoms with Gasteiger partial charge < -0.3 is 0 Å². The average molecular weight is 228 g/mol. The number of hydrogen-bond donors (Lipinski definition) is 0. The van der Waals surface area contributed by atoms with Crippen molar-refractivity contribution < 1.29 is 9.18 Å². The van der Waals surface area contributed by atoms with E-state index in [-0.39, 0.29) is 11.3 Å². The summed E-state index contributed by atoms with van der Waals surface area (Å²) in [6.07, 6.45) is 0. The van der Waals surface area contributed by atoms with Crippen molar-refractivity contribution in [3.8, 4) is 0 Å². The largest absolute Gasteiger partial charge is 0.288 e. The van der Waals surface area contributed by atoms with Gasteiger partial charge in [0, 0.05) is 5.56 Å². The number of carbonyl (C=O) groups excluding carboxylic acids is 1. The zero-order valence-corrected chi connectivity index (χ0v) is 9.83. The molecule has 0 saturated carbocycles. The Morgan fingerprint density at radius 2 is 1.59 bits per heavy atom. The molecule has 86 valence electrons. The van der Waals surface area contributed by atoms with Crippen molar-refractivity contribution in [2.45, 2.75) is 13.8 Å². The second-order valence-electron chi connectivity index (χ2n) is 4.19. The smallest absolute Gasteiger partial charge is 0.195 e. The molecule has 2 rings (SSSR count). The number of hydrogen-bond acceptors (Lipinski definition) is 1. The molecule has 0 saturated heterocycles. The third kappa shape index (κ3) is 2.41. The molecule has 0 amide bonds. The van der Waals surface area contributed by atoms with E-state index in [0.717, 1.165) is 11.1 Å². The fraction of sp³-hybridized carbons (Fsp3) is 0.133. The SMILES string of the molecule is Cc1cc(C)cc(C(=O)c2ccccc2F)c1. The molecule has 0 fully saturated rings. The van der Waals surface area contributed by atoms with Crippen LogP contribution in [0, 0.1) is 19.7 Å². The highest BCUT2D eigenvalue weighted by molar-refractivity contribution is 6.09. The van der Waals surface area contributed by atoms with Crippen molar-refractivity contribution in [2.75, 3.05) is 0 Å². The lowest BCUT2D eigenvalue weighted by Gasteiger charge is -2.05. The van der Waals surface area contributed by atoms with Gasteiger partial charge in [-0.1, -0.05) is 29.3 Å². The van der Waals surface area contributed by atoms with Crippen LogP contribution in [0.5, 0.6) is 0 Å².